The Balaban J connectivity index is 1.71. The number of hydrogen-bond donors (Lipinski definition) is 0. The van der Waals surface area contributed by atoms with Crippen LogP contribution in [-0.4, -0.2) is 59.1 Å². The van der Waals surface area contributed by atoms with Crippen molar-refractivity contribution < 1.29 is 14.3 Å². The number of amides is 2. The summed E-state index contributed by atoms with van der Waals surface area (Å²) < 4.78 is 5.54. The van der Waals surface area contributed by atoms with Gasteiger partial charge in [-0.3, -0.25) is 4.79 Å². The second-order valence-electron chi connectivity index (χ2n) is 6.11. The summed E-state index contributed by atoms with van der Waals surface area (Å²) in [6, 6.07) is 0. The fraction of sp³-hybridized carbons (Fsp3) is 0.667. The van der Waals surface area contributed by atoms with Crippen molar-refractivity contribution in [1.82, 2.24) is 14.8 Å². The Morgan fingerprint density at radius 1 is 1.50 bits per heavy atom. The van der Waals surface area contributed by atoms with E-state index in [2.05, 4.69) is 11.9 Å². The molecule has 6 nitrogen and oxygen atoms in total. The molecule has 2 amide bonds. The lowest BCUT2D eigenvalue weighted by Crippen LogP contribution is -2.52. The summed E-state index contributed by atoms with van der Waals surface area (Å²) >= 11 is 1.54. The molecule has 2 fully saturated rings. The lowest BCUT2D eigenvalue weighted by Gasteiger charge is -2.38. The quantitative estimate of drug-likeness (QED) is 0.855. The number of aryl methyl sites for hydroxylation is 1. The summed E-state index contributed by atoms with van der Waals surface area (Å²) in [5.74, 6) is -0.0525. The molecule has 120 valence electrons. The van der Waals surface area contributed by atoms with E-state index in [0.29, 0.717) is 25.3 Å². The van der Waals surface area contributed by atoms with Gasteiger partial charge in [0.05, 0.1) is 18.1 Å². The second kappa shape index (κ2) is 5.87. The summed E-state index contributed by atoms with van der Waals surface area (Å²) in [6.45, 7) is 3.81. The van der Waals surface area contributed by atoms with Crippen molar-refractivity contribution in [3.05, 3.63) is 16.1 Å². The van der Waals surface area contributed by atoms with E-state index in [0.717, 1.165) is 30.7 Å². The maximum absolute atomic E-state index is 12.6. The number of aromatic nitrogens is 1. The first kappa shape index (κ1) is 15.3. The average Bonchev–Trinajstić information content (AvgIpc) is 3.04. The lowest BCUT2D eigenvalue weighted by atomic mass is 9.92. The van der Waals surface area contributed by atoms with Crippen molar-refractivity contribution in [1.29, 1.82) is 0 Å². The van der Waals surface area contributed by atoms with Crippen LogP contribution in [0.2, 0.25) is 0 Å². The van der Waals surface area contributed by atoms with Crippen molar-refractivity contribution in [2.75, 3.05) is 26.7 Å². The molecule has 1 aromatic heterocycles. The van der Waals surface area contributed by atoms with Crippen molar-refractivity contribution in [3.63, 3.8) is 0 Å². The molecule has 0 radical (unpaired) electrons. The Morgan fingerprint density at radius 3 is 3.00 bits per heavy atom. The smallest absolute Gasteiger partial charge is 0.410 e. The van der Waals surface area contributed by atoms with Crippen LogP contribution in [0.3, 0.4) is 0 Å². The summed E-state index contributed by atoms with van der Waals surface area (Å²) in [5, 5.41) is 2.84. The number of rotatable bonds is 3. The van der Waals surface area contributed by atoms with Gasteiger partial charge in [0.2, 0.25) is 0 Å². The first-order valence-electron chi connectivity index (χ1n) is 7.71. The van der Waals surface area contributed by atoms with Gasteiger partial charge >= 0.3 is 6.09 Å². The molecule has 1 aromatic rings. The third-order valence-electron chi connectivity index (χ3n) is 4.20. The van der Waals surface area contributed by atoms with Gasteiger partial charge in [-0.25, -0.2) is 9.78 Å². The predicted molar refractivity (Wildman–Crippen MR) is 83.1 cm³/mol. The van der Waals surface area contributed by atoms with Gasteiger partial charge in [0.25, 0.3) is 5.91 Å². The second-order valence-corrected chi connectivity index (χ2v) is 7.06. The van der Waals surface area contributed by atoms with E-state index in [1.54, 1.807) is 16.8 Å². The summed E-state index contributed by atoms with van der Waals surface area (Å²) in [7, 11) is 1.73. The molecule has 0 N–H and O–H groups in total. The van der Waals surface area contributed by atoms with Crippen LogP contribution in [0.4, 0.5) is 4.79 Å². The molecule has 0 saturated carbocycles. The van der Waals surface area contributed by atoms with Crippen LogP contribution in [0.25, 0.3) is 0 Å². The molecule has 3 heterocycles. The Morgan fingerprint density at radius 2 is 2.32 bits per heavy atom. The van der Waals surface area contributed by atoms with Crippen LogP contribution in [-0.2, 0) is 11.2 Å². The maximum Gasteiger partial charge on any atom is 0.410 e. The van der Waals surface area contributed by atoms with Crippen molar-refractivity contribution >= 4 is 23.3 Å². The van der Waals surface area contributed by atoms with Crippen LogP contribution in [0, 0.1) is 0 Å². The first-order valence-corrected chi connectivity index (χ1v) is 8.59. The number of likely N-dealkylation sites (N-methyl/N-ethyl adjacent to an activating group) is 1. The Kier molecular flexibility index (Phi) is 4.08. The van der Waals surface area contributed by atoms with Gasteiger partial charge in [-0.15, -0.1) is 11.3 Å². The third-order valence-corrected chi connectivity index (χ3v) is 5.11. The van der Waals surface area contributed by atoms with Gasteiger partial charge in [-0.2, -0.15) is 0 Å². The molecule has 7 heteroatoms. The van der Waals surface area contributed by atoms with E-state index in [1.807, 2.05) is 5.38 Å². The zero-order valence-corrected chi connectivity index (χ0v) is 13.8. The third kappa shape index (κ3) is 2.82. The molecular formula is C15H21N3O3S. The van der Waals surface area contributed by atoms with Crippen LogP contribution >= 0.6 is 11.3 Å². The number of piperidine rings is 1. The largest absolute Gasteiger partial charge is 0.439 e. The minimum absolute atomic E-state index is 0.0525. The predicted octanol–water partition coefficient (Wildman–Crippen LogP) is 2.15. The number of carbonyl (C=O) groups excluding carboxylic acids is 2. The zero-order valence-electron chi connectivity index (χ0n) is 13.0. The van der Waals surface area contributed by atoms with Crippen LogP contribution in [0.5, 0.6) is 0 Å². The van der Waals surface area contributed by atoms with Gasteiger partial charge in [-0.1, -0.05) is 6.92 Å². The van der Waals surface area contributed by atoms with Gasteiger partial charge in [0, 0.05) is 19.0 Å². The number of ether oxygens (including phenoxy) is 1. The fourth-order valence-electron chi connectivity index (χ4n) is 3.18. The number of nitrogens with zero attached hydrogens (tertiary/aromatic N) is 3. The molecule has 2 aliphatic rings. The van der Waals surface area contributed by atoms with Crippen LogP contribution in [0.15, 0.2) is 5.38 Å². The van der Waals surface area contributed by atoms with Gasteiger partial charge in [0.15, 0.2) is 0 Å². The standard InChI is InChI=1S/C15H21N3O3S/c1-3-5-12-16-11(8-22-12)13(19)18-7-4-6-15(10-18)9-17(2)14(20)21-15/h8H,3-7,9-10H2,1-2H3/t15-/m0/s1. The van der Waals surface area contributed by atoms with E-state index >= 15 is 0 Å². The molecule has 1 atom stereocenters. The monoisotopic (exact) mass is 323 g/mol. The molecule has 0 unspecified atom stereocenters. The molecule has 3 rings (SSSR count). The molecule has 2 aliphatic heterocycles. The highest BCUT2D eigenvalue weighted by molar-refractivity contribution is 7.09. The number of hydrogen-bond acceptors (Lipinski definition) is 5. The van der Waals surface area contributed by atoms with E-state index in [-0.39, 0.29) is 12.0 Å². The van der Waals surface area contributed by atoms with E-state index < -0.39 is 5.60 Å². The van der Waals surface area contributed by atoms with E-state index in [1.165, 1.54) is 11.3 Å². The maximum atomic E-state index is 12.6. The average molecular weight is 323 g/mol. The fourth-order valence-corrected chi connectivity index (χ4v) is 4.05. The molecule has 1 spiro atoms. The SMILES string of the molecule is CCCc1nc(C(=O)N2CCC[C@]3(CN(C)C(=O)O3)C2)cs1. The molecule has 0 aliphatic carbocycles. The molecule has 0 aromatic carbocycles. The highest BCUT2D eigenvalue weighted by atomic mass is 32.1. The Hall–Kier alpha value is -1.63. The van der Waals surface area contributed by atoms with E-state index in [9.17, 15) is 9.59 Å². The Labute approximate surface area is 134 Å². The zero-order chi connectivity index (χ0) is 15.7. The van der Waals surface area contributed by atoms with Gasteiger partial charge in [0.1, 0.15) is 11.3 Å². The van der Waals surface area contributed by atoms with Crippen LogP contribution < -0.4 is 0 Å². The first-order chi connectivity index (χ1) is 10.5. The number of likely N-dealkylation sites (tertiary alicyclic amines) is 1. The topological polar surface area (TPSA) is 62.7 Å². The molecule has 2 saturated heterocycles. The number of carbonyl (C=O) groups is 2. The minimum Gasteiger partial charge on any atom is -0.439 e. The normalized spacial score (nSPS) is 24.9. The van der Waals surface area contributed by atoms with Crippen LogP contribution in [0.1, 0.15) is 41.7 Å². The molecular weight excluding hydrogens is 302 g/mol. The highest BCUT2D eigenvalue weighted by Gasteiger charge is 2.47. The summed E-state index contributed by atoms with van der Waals surface area (Å²) in [5.41, 5.74) is -0.0228. The van der Waals surface area contributed by atoms with Gasteiger partial charge < -0.3 is 14.5 Å². The number of thiazole rings is 1. The molecule has 22 heavy (non-hydrogen) atoms. The van der Waals surface area contributed by atoms with E-state index in [4.69, 9.17) is 4.74 Å². The summed E-state index contributed by atoms with van der Waals surface area (Å²) in [6.07, 6.45) is 3.29. The lowest BCUT2D eigenvalue weighted by molar-refractivity contribution is -0.00538. The van der Waals surface area contributed by atoms with Crippen molar-refractivity contribution in [2.24, 2.45) is 0 Å². The Bertz CT molecular complexity index is 588. The van der Waals surface area contributed by atoms with Crippen molar-refractivity contribution in [3.8, 4) is 0 Å². The molecule has 0 bridgehead atoms. The summed E-state index contributed by atoms with van der Waals surface area (Å²) in [4.78, 5) is 32.1. The van der Waals surface area contributed by atoms with Gasteiger partial charge in [-0.05, 0) is 25.7 Å². The van der Waals surface area contributed by atoms with Crippen molar-refractivity contribution in [2.45, 2.75) is 38.2 Å². The highest BCUT2D eigenvalue weighted by Crippen LogP contribution is 2.32. The minimum atomic E-state index is -0.540.